The van der Waals surface area contributed by atoms with E-state index in [-0.39, 0.29) is 53.6 Å². The molecule has 0 radical (unpaired) electrons. The third-order valence-corrected chi connectivity index (χ3v) is 14.6. The second kappa shape index (κ2) is 17.8. The van der Waals surface area contributed by atoms with Crippen molar-refractivity contribution in [2.45, 2.75) is 94.4 Å². The van der Waals surface area contributed by atoms with Crippen LogP contribution in [0.15, 0.2) is 53.6 Å². The molecule has 3 atom stereocenters. The fourth-order valence-corrected chi connectivity index (χ4v) is 11.0. The van der Waals surface area contributed by atoms with Crippen LogP contribution in [-0.4, -0.2) is 113 Å². The molecule has 1 unspecified atom stereocenters. The number of carbonyl (C=O) groups is 3. The van der Waals surface area contributed by atoms with Gasteiger partial charge in [-0.1, -0.05) is 65.7 Å². The zero-order valence-corrected chi connectivity index (χ0v) is 34.3. The Labute approximate surface area is 341 Å². The Hall–Kier alpha value is -4.18. The van der Waals surface area contributed by atoms with Crippen molar-refractivity contribution >= 4 is 57.1 Å². The third-order valence-electron chi connectivity index (χ3n) is 11.3. The van der Waals surface area contributed by atoms with Crippen LogP contribution < -0.4 is 19.1 Å². The highest BCUT2D eigenvalue weighted by atomic mass is 33.1. The van der Waals surface area contributed by atoms with Crippen LogP contribution in [-0.2, 0) is 11.3 Å². The number of carbonyl (C=O) groups excluding carboxylic acids is 3. The van der Waals surface area contributed by atoms with Gasteiger partial charge in [0.15, 0.2) is 17.7 Å². The maximum absolute atomic E-state index is 14.0. The van der Waals surface area contributed by atoms with E-state index >= 15 is 0 Å². The number of hydrogen-bond donors (Lipinski definition) is 2. The van der Waals surface area contributed by atoms with E-state index in [4.69, 9.17) is 18.9 Å². The summed E-state index contributed by atoms with van der Waals surface area (Å²) < 4.78 is 23.8. The molecular weight excluding hydrogens is 769 g/mol. The highest BCUT2D eigenvalue weighted by molar-refractivity contribution is 8.77. The van der Waals surface area contributed by atoms with E-state index in [0.717, 1.165) is 49.0 Å². The van der Waals surface area contributed by atoms with Gasteiger partial charge in [-0.25, -0.2) is 9.69 Å². The lowest BCUT2D eigenvalue weighted by Gasteiger charge is -2.33. The molecule has 306 valence electrons. The number of aliphatic hydroxyl groups excluding tert-OH is 2. The molecule has 15 heteroatoms. The second-order valence-corrected chi connectivity index (χ2v) is 18.4. The number of amides is 3. The summed E-state index contributed by atoms with van der Waals surface area (Å²) in [6, 6.07) is 5.75. The quantitative estimate of drug-likeness (QED) is 0.108. The maximum Gasteiger partial charge on any atom is 0.416 e. The highest BCUT2D eigenvalue weighted by Crippen LogP contribution is 2.48. The SMILES string of the molecule is C=C1C[C@H]2C=Nc3cc(OCCCCCOc4cc5c(cc4OC)C(=O)N4CC(=C)C[C@H]4C(O)N5C(=O)OCC4(SSCC)CCCC4)c(CO)cc3C(=O)N2C1. The van der Waals surface area contributed by atoms with Crippen molar-refractivity contribution < 1.29 is 43.5 Å². The van der Waals surface area contributed by atoms with Gasteiger partial charge < -0.3 is 39.0 Å². The molecule has 2 saturated heterocycles. The van der Waals surface area contributed by atoms with Gasteiger partial charge in [-0.2, -0.15) is 0 Å². The van der Waals surface area contributed by atoms with Gasteiger partial charge in [0, 0.05) is 42.8 Å². The van der Waals surface area contributed by atoms with Crippen LogP contribution in [0.1, 0.15) is 91.0 Å². The summed E-state index contributed by atoms with van der Waals surface area (Å²) in [6.07, 6.45) is 6.86. The molecule has 0 aromatic heterocycles. The molecule has 1 aliphatic carbocycles. The first-order valence-electron chi connectivity index (χ1n) is 19.8. The van der Waals surface area contributed by atoms with Crippen LogP contribution in [0.5, 0.6) is 17.2 Å². The Balaban J connectivity index is 1.00. The van der Waals surface area contributed by atoms with Crippen LogP contribution in [0.2, 0.25) is 0 Å². The summed E-state index contributed by atoms with van der Waals surface area (Å²) in [6.45, 7) is 11.6. The largest absolute Gasteiger partial charge is 0.493 e. The van der Waals surface area contributed by atoms with Crippen LogP contribution >= 0.6 is 21.6 Å². The molecule has 3 fully saturated rings. The van der Waals surface area contributed by atoms with Gasteiger partial charge >= 0.3 is 6.09 Å². The van der Waals surface area contributed by atoms with Crippen molar-refractivity contribution in [2.24, 2.45) is 4.99 Å². The number of hydrogen-bond acceptors (Lipinski definition) is 12. The van der Waals surface area contributed by atoms with Crippen molar-refractivity contribution in [2.75, 3.05) is 50.7 Å². The van der Waals surface area contributed by atoms with Gasteiger partial charge in [-0.05, 0) is 57.1 Å². The summed E-state index contributed by atoms with van der Waals surface area (Å²) in [5.74, 6) is 1.62. The minimum Gasteiger partial charge on any atom is -0.493 e. The van der Waals surface area contributed by atoms with Gasteiger partial charge in [0.25, 0.3) is 11.8 Å². The molecule has 0 spiro atoms. The summed E-state index contributed by atoms with van der Waals surface area (Å²) in [7, 11) is 5.02. The fraction of sp³-hybridized carbons (Fsp3) is 0.524. The third kappa shape index (κ3) is 8.53. The Bertz CT molecular complexity index is 1930. The number of aliphatic imine (C=N–C) groups is 1. The van der Waals surface area contributed by atoms with Crippen molar-refractivity contribution in [3.8, 4) is 17.2 Å². The smallest absolute Gasteiger partial charge is 0.416 e. The molecule has 13 nitrogen and oxygen atoms in total. The van der Waals surface area contributed by atoms with Gasteiger partial charge in [-0.15, -0.1) is 0 Å². The van der Waals surface area contributed by atoms with E-state index in [0.29, 0.717) is 79.5 Å². The molecule has 1 saturated carbocycles. The lowest BCUT2D eigenvalue weighted by molar-refractivity contribution is 0.0484. The molecule has 7 rings (SSSR count). The fourth-order valence-electron chi connectivity index (χ4n) is 8.30. The second-order valence-electron chi connectivity index (χ2n) is 15.3. The normalized spacial score (nSPS) is 22.2. The maximum atomic E-state index is 14.0. The van der Waals surface area contributed by atoms with Crippen LogP contribution in [0.4, 0.5) is 16.2 Å². The van der Waals surface area contributed by atoms with Gasteiger partial charge in [0.05, 0.1) is 66.3 Å². The average molecular weight is 821 g/mol. The zero-order valence-electron chi connectivity index (χ0n) is 32.7. The molecule has 5 aliphatic rings. The van der Waals surface area contributed by atoms with Crippen LogP contribution in [0.3, 0.4) is 0 Å². The number of methoxy groups -OCH3 is 1. The van der Waals surface area contributed by atoms with Gasteiger partial charge in [-0.3, -0.25) is 14.6 Å². The molecule has 4 heterocycles. The van der Waals surface area contributed by atoms with Gasteiger partial charge in [0.1, 0.15) is 12.4 Å². The summed E-state index contributed by atoms with van der Waals surface area (Å²) in [5.41, 5.74) is 3.67. The van der Waals surface area contributed by atoms with E-state index in [9.17, 15) is 24.6 Å². The van der Waals surface area contributed by atoms with E-state index in [2.05, 4.69) is 25.1 Å². The standard InChI is InChI=1S/C42H52N4O9S2/c1-5-56-57-42(11-7-8-12-42)25-55-41(51)46-33-20-37(36(52-4)18-31(33)39(49)45-23-27(3)16-34(45)40(46)50)54-14-10-6-9-13-53-35-19-32-30(17-28(35)24-47)38(48)44-22-26(2)15-29(44)21-43-32/h17-21,29,34,40,47,50H,2-3,5-16,22-25H2,1,4H3/t29-,34-,40?/m0/s1. The van der Waals surface area contributed by atoms with Crippen LogP contribution in [0.25, 0.3) is 0 Å². The number of anilines is 1. The molecule has 4 aliphatic heterocycles. The molecule has 57 heavy (non-hydrogen) atoms. The first-order valence-corrected chi connectivity index (χ1v) is 22.1. The molecule has 2 aromatic rings. The average Bonchev–Trinajstić information content (AvgIpc) is 3.92. The predicted octanol–water partition coefficient (Wildman–Crippen LogP) is 7.06. The van der Waals surface area contributed by atoms with Crippen molar-refractivity contribution in [3.63, 3.8) is 0 Å². The Morgan fingerprint density at radius 2 is 1.63 bits per heavy atom. The first-order chi connectivity index (χ1) is 27.6. The summed E-state index contributed by atoms with van der Waals surface area (Å²) in [5, 5.41) is 21.9. The minimum absolute atomic E-state index is 0.122. The number of aliphatic hydroxyl groups is 2. The van der Waals surface area contributed by atoms with E-state index in [1.54, 1.807) is 61.9 Å². The van der Waals surface area contributed by atoms with Crippen molar-refractivity contribution in [3.05, 3.63) is 65.3 Å². The van der Waals surface area contributed by atoms with Crippen molar-refractivity contribution in [1.82, 2.24) is 9.80 Å². The zero-order chi connectivity index (χ0) is 40.3. The minimum atomic E-state index is -1.36. The number of unbranched alkanes of at least 4 members (excludes halogenated alkanes) is 2. The molecule has 3 amide bonds. The summed E-state index contributed by atoms with van der Waals surface area (Å²) >= 11 is 0. The molecule has 2 aromatic carbocycles. The van der Waals surface area contributed by atoms with Crippen molar-refractivity contribution in [1.29, 1.82) is 0 Å². The molecular formula is C42H52N4O9S2. The lowest BCUT2D eigenvalue weighted by atomic mass is 10.1. The Morgan fingerprint density at radius 3 is 2.35 bits per heavy atom. The van der Waals surface area contributed by atoms with Gasteiger partial charge in [0.2, 0.25) is 0 Å². The van der Waals surface area contributed by atoms with E-state index < -0.39 is 18.4 Å². The number of nitrogens with zero attached hydrogens (tertiary/aromatic N) is 4. The number of rotatable bonds is 15. The molecule has 0 bridgehead atoms. The Morgan fingerprint density at radius 1 is 0.930 bits per heavy atom. The van der Waals surface area contributed by atoms with Crippen LogP contribution in [0, 0.1) is 0 Å². The highest BCUT2D eigenvalue weighted by Gasteiger charge is 2.47. The number of fused-ring (bicyclic) bond motifs is 4. The Kier molecular flexibility index (Phi) is 12.8. The van der Waals surface area contributed by atoms with E-state index in [1.165, 1.54) is 12.0 Å². The summed E-state index contributed by atoms with van der Waals surface area (Å²) in [4.78, 5) is 50.4. The number of ether oxygens (including phenoxy) is 4. The predicted molar refractivity (Wildman–Crippen MR) is 222 cm³/mol. The topological polar surface area (TPSA) is 151 Å². The first kappa shape index (κ1) is 41.0. The monoisotopic (exact) mass is 820 g/mol. The molecule has 2 N–H and O–H groups in total. The number of benzene rings is 2. The van der Waals surface area contributed by atoms with E-state index in [1.807, 2.05) is 0 Å². The lowest BCUT2D eigenvalue weighted by Crippen LogP contribution is -2.51.